The summed E-state index contributed by atoms with van der Waals surface area (Å²) >= 11 is 0. The summed E-state index contributed by atoms with van der Waals surface area (Å²) in [6, 6.07) is 6.77. The Morgan fingerprint density at radius 2 is 1.83 bits per heavy atom. The molecule has 35 heavy (non-hydrogen) atoms. The first-order valence-electron chi connectivity index (χ1n) is 11.9. The van der Waals surface area contributed by atoms with Crippen LogP contribution >= 0.6 is 0 Å². The molecule has 6 nitrogen and oxygen atoms in total. The van der Waals surface area contributed by atoms with E-state index < -0.39 is 29.2 Å². The number of rotatable bonds is 6. The van der Waals surface area contributed by atoms with Gasteiger partial charge in [-0.2, -0.15) is 13.2 Å². The van der Waals surface area contributed by atoms with Gasteiger partial charge in [0.25, 0.3) is 5.56 Å². The molecule has 1 aromatic heterocycles. The summed E-state index contributed by atoms with van der Waals surface area (Å²) in [6.07, 6.45) is 1.34. The minimum atomic E-state index is -4.65. The number of carbonyl (C=O) groups is 1. The standard InChI is InChI=1S/C26H30F3N3O3/c1-17-21(25(34)35-2)22(18-9-4-5-10-19(18)26(27,28)29)23-20(30-17)11-16-32(24(23)33)15-8-14-31-12-6-3-7-13-31/h4-5,9-11,16,22,30H,3,6-8,12-15H2,1-2H3. The zero-order chi connectivity index (χ0) is 25.2. The SMILES string of the molecule is COC(=O)C1=C(C)Nc2ccn(CCCN3CCCCC3)c(=O)c2C1c1ccccc1C(F)(F)F. The molecule has 188 valence electrons. The number of methoxy groups -OCH3 is 1. The average Bonchev–Trinajstić information content (AvgIpc) is 2.84. The average molecular weight is 490 g/mol. The topological polar surface area (TPSA) is 63.6 Å². The Labute approximate surface area is 202 Å². The first-order valence-corrected chi connectivity index (χ1v) is 11.9. The van der Waals surface area contributed by atoms with Gasteiger partial charge < -0.3 is 19.5 Å². The third kappa shape index (κ3) is 5.15. The summed E-state index contributed by atoms with van der Waals surface area (Å²) in [5.74, 6) is -1.99. The predicted octanol–water partition coefficient (Wildman–Crippen LogP) is 4.75. The first-order chi connectivity index (χ1) is 16.7. The van der Waals surface area contributed by atoms with Gasteiger partial charge in [0.2, 0.25) is 0 Å². The second-order valence-corrected chi connectivity index (χ2v) is 9.07. The lowest BCUT2D eigenvalue weighted by Gasteiger charge is -2.31. The Morgan fingerprint density at radius 1 is 1.11 bits per heavy atom. The maximum Gasteiger partial charge on any atom is 0.416 e. The van der Waals surface area contributed by atoms with Gasteiger partial charge in [-0.15, -0.1) is 0 Å². The van der Waals surface area contributed by atoms with E-state index in [-0.39, 0.29) is 16.7 Å². The number of esters is 1. The lowest BCUT2D eigenvalue weighted by atomic mass is 9.79. The van der Waals surface area contributed by atoms with Gasteiger partial charge in [0.15, 0.2) is 0 Å². The third-order valence-electron chi connectivity index (χ3n) is 6.81. The number of carbonyl (C=O) groups excluding carboxylic acids is 1. The minimum absolute atomic E-state index is 0.000123. The van der Waals surface area contributed by atoms with Crippen molar-refractivity contribution in [2.45, 2.75) is 51.2 Å². The molecule has 0 radical (unpaired) electrons. The number of fused-ring (bicyclic) bond motifs is 1. The van der Waals surface area contributed by atoms with Gasteiger partial charge in [0.05, 0.1) is 29.7 Å². The maximum absolute atomic E-state index is 14.0. The quantitative estimate of drug-likeness (QED) is 0.594. The largest absolute Gasteiger partial charge is 0.466 e. The molecule has 3 heterocycles. The van der Waals surface area contributed by atoms with Gasteiger partial charge in [-0.05, 0) is 63.5 Å². The third-order valence-corrected chi connectivity index (χ3v) is 6.81. The van der Waals surface area contributed by atoms with Crippen molar-refractivity contribution in [1.29, 1.82) is 0 Å². The zero-order valence-corrected chi connectivity index (χ0v) is 20.0. The van der Waals surface area contributed by atoms with E-state index in [1.54, 1.807) is 19.2 Å². The van der Waals surface area contributed by atoms with Crippen molar-refractivity contribution in [2.75, 3.05) is 32.1 Å². The van der Waals surface area contributed by atoms with Crippen LogP contribution in [0.25, 0.3) is 0 Å². The number of ether oxygens (including phenoxy) is 1. The van der Waals surface area contributed by atoms with Gasteiger partial charge in [0, 0.05) is 24.1 Å². The van der Waals surface area contributed by atoms with Gasteiger partial charge in [-0.1, -0.05) is 24.6 Å². The summed E-state index contributed by atoms with van der Waals surface area (Å²) in [6.45, 7) is 4.99. The molecule has 2 aliphatic heterocycles. The predicted molar refractivity (Wildman–Crippen MR) is 127 cm³/mol. The summed E-state index contributed by atoms with van der Waals surface area (Å²) in [5.41, 5.74) is -0.571. The number of nitrogens with one attached hydrogen (secondary N) is 1. The molecule has 2 aromatic rings. The Kier molecular flexibility index (Phi) is 7.35. The Balaban J connectivity index is 1.77. The Bertz CT molecular complexity index is 1180. The molecular weight excluding hydrogens is 459 g/mol. The first kappa shape index (κ1) is 25.0. The van der Waals surface area contributed by atoms with Crippen LogP contribution in [0.3, 0.4) is 0 Å². The number of hydrogen-bond acceptors (Lipinski definition) is 5. The second-order valence-electron chi connectivity index (χ2n) is 9.07. The number of halogens is 3. The van der Waals surface area contributed by atoms with Crippen LogP contribution < -0.4 is 10.9 Å². The molecule has 0 amide bonds. The number of benzene rings is 1. The molecule has 1 unspecified atom stereocenters. The van der Waals surface area contributed by atoms with Crippen molar-refractivity contribution in [3.63, 3.8) is 0 Å². The highest BCUT2D eigenvalue weighted by Crippen LogP contribution is 2.44. The summed E-state index contributed by atoms with van der Waals surface area (Å²) in [5, 5.41) is 3.03. The number of anilines is 1. The fraction of sp³-hybridized carbons (Fsp3) is 0.462. The molecule has 0 aliphatic carbocycles. The van der Waals surface area contributed by atoms with Gasteiger partial charge in [-0.3, -0.25) is 4.79 Å². The van der Waals surface area contributed by atoms with E-state index in [9.17, 15) is 22.8 Å². The molecule has 0 spiro atoms. The molecule has 1 aromatic carbocycles. The van der Waals surface area contributed by atoms with Crippen LogP contribution in [0.1, 0.15) is 55.2 Å². The van der Waals surface area contributed by atoms with Crippen LogP contribution in [0, 0.1) is 0 Å². The van der Waals surface area contributed by atoms with Crippen molar-refractivity contribution in [1.82, 2.24) is 9.47 Å². The lowest BCUT2D eigenvalue weighted by Crippen LogP contribution is -2.35. The summed E-state index contributed by atoms with van der Waals surface area (Å²) in [7, 11) is 1.18. The van der Waals surface area contributed by atoms with E-state index in [4.69, 9.17) is 4.74 Å². The van der Waals surface area contributed by atoms with Crippen LogP contribution in [0.5, 0.6) is 0 Å². The van der Waals surface area contributed by atoms with Crippen LogP contribution in [0.2, 0.25) is 0 Å². The normalized spacial score (nSPS) is 18.7. The van der Waals surface area contributed by atoms with Crippen LogP contribution in [-0.2, 0) is 22.3 Å². The number of allylic oxidation sites excluding steroid dienone is 1. The number of aromatic nitrogens is 1. The highest BCUT2D eigenvalue weighted by molar-refractivity contribution is 5.94. The highest BCUT2D eigenvalue weighted by Gasteiger charge is 2.41. The molecule has 4 rings (SSSR count). The molecule has 1 saturated heterocycles. The van der Waals surface area contributed by atoms with E-state index in [1.807, 2.05) is 0 Å². The van der Waals surface area contributed by atoms with E-state index in [2.05, 4.69) is 10.2 Å². The molecule has 0 bridgehead atoms. The number of nitrogens with zero attached hydrogens (tertiary/aromatic N) is 2. The number of piperidine rings is 1. The maximum atomic E-state index is 14.0. The van der Waals surface area contributed by atoms with Crippen molar-refractivity contribution in [2.24, 2.45) is 0 Å². The minimum Gasteiger partial charge on any atom is -0.466 e. The molecular formula is C26H30F3N3O3. The monoisotopic (exact) mass is 489 g/mol. The van der Waals surface area contributed by atoms with E-state index >= 15 is 0 Å². The van der Waals surface area contributed by atoms with Crippen LogP contribution in [0.15, 0.2) is 52.6 Å². The van der Waals surface area contributed by atoms with Crippen LogP contribution in [-0.4, -0.2) is 42.2 Å². The van der Waals surface area contributed by atoms with Gasteiger partial charge >= 0.3 is 12.1 Å². The Morgan fingerprint density at radius 3 is 2.51 bits per heavy atom. The number of pyridine rings is 1. The van der Waals surface area contributed by atoms with Gasteiger partial charge in [0.1, 0.15) is 0 Å². The van der Waals surface area contributed by atoms with Crippen molar-refractivity contribution in [3.05, 3.63) is 74.8 Å². The number of likely N-dealkylation sites (tertiary alicyclic amines) is 1. The van der Waals surface area contributed by atoms with Crippen molar-refractivity contribution >= 4 is 11.7 Å². The highest BCUT2D eigenvalue weighted by atomic mass is 19.4. The van der Waals surface area contributed by atoms with Crippen LogP contribution in [0.4, 0.5) is 18.9 Å². The molecule has 0 saturated carbocycles. The number of aryl methyl sites for hydroxylation is 1. The molecule has 1 fully saturated rings. The fourth-order valence-corrected chi connectivity index (χ4v) is 5.13. The zero-order valence-electron chi connectivity index (χ0n) is 20.0. The second kappa shape index (κ2) is 10.3. The fourth-order valence-electron chi connectivity index (χ4n) is 5.13. The van der Waals surface area contributed by atoms with E-state index in [0.29, 0.717) is 17.9 Å². The smallest absolute Gasteiger partial charge is 0.416 e. The number of alkyl halides is 3. The summed E-state index contributed by atoms with van der Waals surface area (Å²) < 4.78 is 48.4. The lowest BCUT2D eigenvalue weighted by molar-refractivity contribution is -0.139. The van der Waals surface area contributed by atoms with Crippen molar-refractivity contribution < 1.29 is 22.7 Å². The van der Waals surface area contributed by atoms with E-state index in [1.165, 1.54) is 49.1 Å². The molecule has 2 aliphatic rings. The molecule has 1 atom stereocenters. The molecule has 9 heteroatoms. The summed E-state index contributed by atoms with van der Waals surface area (Å²) in [4.78, 5) is 28.8. The van der Waals surface area contributed by atoms with Gasteiger partial charge in [-0.25, -0.2) is 4.79 Å². The Hall–Kier alpha value is -3.07. The molecule has 1 N–H and O–H groups in total. The van der Waals surface area contributed by atoms with Crippen molar-refractivity contribution in [3.8, 4) is 0 Å². The number of hydrogen-bond donors (Lipinski definition) is 1. The van der Waals surface area contributed by atoms with E-state index in [0.717, 1.165) is 32.1 Å².